The summed E-state index contributed by atoms with van der Waals surface area (Å²) in [6.45, 7) is 5.26. The van der Waals surface area contributed by atoms with Crippen LogP contribution in [0.25, 0.3) is 0 Å². The van der Waals surface area contributed by atoms with Gasteiger partial charge in [0.2, 0.25) is 10.0 Å². The average Bonchev–Trinajstić information content (AvgIpc) is 2.94. The highest BCUT2D eigenvalue weighted by molar-refractivity contribution is 8.01. The molecule has 0 fully saturated rings. The van der Waals surface area contributed by atoms with Crippen molar-refractivity contribution in [2.75, 3.05) is 18.1 Å². The number of thiazole rings is 1. The highest BCUT2D eigenvalue weighted by atomic mass is 32.2. The lowest BCUT2D eigenvalue weighted by Crippen LogP contribution is -2.21. The zero-order valence-corrected chi connectivity index (χ0v) is 17.2. The molecule has 0 radical (unpaired) electrons. The maximum atomic E-state index is 12.6. The lowest BCUT2D eigenvalue weighted by Gasteiger charge is -2.12. The van der Waals surface area contributed by atoms with Crippen LogP contribution in [0.3, 0.4) is 0 Å². The number of carbonyl (C=O) groups excluding carboxylic acids is 1. The Morgan fingerprint density at radius 2 is 2.04 bits per heavy atom. The first-order valence-electron chi connectivity index (χ1n) is 7.53. The van der Waals surface area contributed by atoms with Crippen LogP contribution >= 0.6 is 23.1 Å². The molecule has 0 aliphatic heterocycles. The van der Waals surface area contributed by atoms with E-state index < -0.39 is 15.9 Å². The Balaban J connectivity index is 2.32. The van der Waals surface area contributed by atoms with Gasteiger partial charge in [-0.1, -0.05) is 23.1 Å². The fourth-order valence-electron chi connectivity index (χ4n) is 2.18. The van der Waals surface area contributed by atoms with Crippen LogP contribution in [0.5, 0.6) is 0 Å². The first-order chi connectivity index (χ1) is 12.2. The SMILES string of the molecule is CNS(=O)(=O)c1cc(C(=O)Nc2nc(C)c(SCC#N)s2)cc(C)c1C. The summed E-state index contributed by atoms with van der Waals surface area (Å²) in [7, 11) is -2.34. The molecule has 1 heterocycles. The van der Waals surface area contributed by atoms with Crippen LogP contribution in [0.1, 0.15) is 27.2 Å². The number of aryl methyl sites for hydroxylation is 2. The van der Waals surface area contributed by atoms with Crippen LogP contribution in [0, 0.1) is 32.1 Å². The first kappa shape index (κ1) is 20.4. The van der Waals surface area contributed by atoms with Crippen LogP contribution in [-0.2, 0) is 10.0 Å². The average molecular weight is 411 g/mol. The molecule has 138 valence electrons. The molecular weight excluding hydrogens is 392 g/mol. The lowest BCUT2D eigenvalue weighted by molar-refractivity contribution is 0.102. The van der Waals surface area contributed by atoms with Gasteiger partial charge in [-0.2, -0.15) is 5.26 Å². The van der Waals surface area contributed by atoms with E-state index in [1.165, 1.54) is 36.2 Å². The summed E-state index contributed by atoms with van der Waals surface area (Å²) in [5.41, 5.74) is 2.27. The van der Waals surface area contributed by atoms with E-state index in [-0.39, 0.29) is 10.5 Å². The summed E-state index contributed by atoms with van der Waals surface area (Å²) in [6, 6.07) is 5.05. The summed E-state index contributed by atoms with van der Waals surface area (Å²) >= 11 is 2.64. The predicted molar refractivity (Wildman–Crippen MR) is 103 cm³/mol. The topological polar surface area (TPSA) is 112 Å². The number of hydrogen-bond donors (Lipinski definition) is 2. The molecule has 2 N–H and O–H groups in total. The Morgan fingerprint density at radius 1 is 1.35 bits per heavy atom. The second-order valence-corrected chi connectivity index (χ2v) is 9.51. The summed E-state index contributed by atoms with van der Waals surface area (Å²) in [5.74, 6) is -0.134. The molecule has 0 saturated carbocycles. The molecule has 0 bridgehead atoms. The van der Waals surface area contributed by atoms with Crippen LogP contribution in [0.2, 0.25) is 0 Å². The van der Waals surface area contributed by atoms with Crippen molar-refractivity contribution in [1.82, 2.24) is 9.71 Å². The number of nitrogens with zero attached hydrogens (tertiary/aromatic N) is 2. The smallest absolute Gasteiger partial charge is 0.257 e. The third-order valence-corrected chi connectivity index (χ3v) is 7.53. The number of rotatable bonds is 6. The van der Waals surface area contributed by atoms with Gasteiger partial charge in [0.25, 0.3) is 5.91 Å². The van der Waals surface area contributed by atoms with E-state index in [0.29, 0.717) is 22.0 Å². The Hall–Kier alpha value is -1.93. The van der Waals surface area contributed by atoms with Crippen molar-refractivity contribution < 1.29 is 13.2 Å². The minimum Gasteiger partial charge on any atom is -0.298 e. The van der Waals surface area contributed by atoms with Gasteiger partial charge < -0.3 is 0 Å². The number of nitrogens with one attached hydrogen (secondary N) is 2. The quantitative estimate of drug-likeness (QED) is 0.708. The van der Waals surface area contributed by atoms with Gasteiger partial charge in [-0.05, 0) is 51.1 Å². The van der Waals surface area contributed by atoms with Crippen molar-refractivity contribution in [3.63, 3.8) is 0 Å². The monoisotopic (exact) mass is 410 g/mol. The summed E-state index contributed by atoms with van der Waals surface area (Å²) in [5, 5.41) is 11.8. The predicted octanol–water partition coefficient (Wildman–Crippen LogP) is 2.84. The minimum absolute atomic E-state index is 0.0748. The number of benzene rings is 1. The molecule has 1 aromatic heterocycles. The highest BCUT2D eigenvalue weighted by Crippen LogP contribution is 2.32. The van der Waals surface area contributed by atoms with E-state index in [4.69, 9.17) is 5.26 Å². The number of amides is 1. The van der Waals surface area contributed by atoms with Crippen LogP contribution < -0.4 is 10.0 Å². The van der Waals surface area contributed by atoms with Gasteiger partial charge in [0, 0.05) is 5.56 Å². The van der Waals surface area contributed by atoms with Crippen molar-refractivity contribution >= 4 is 44.2 Å². The molecular formula is C16H18N4O3S3. The number of nitriles is 1. The number of aromatic nitrogens is 1. The first-order valence-corrected chi connectivity index (χ1v) is 10.8. The molecule has 7 nitrogen and oxygen atoms in total. The third-order valence-electron chi connectivity index (χ3n) is 3.68. The molecule has 10 heteroatoms. The maximum absolute atomic E-state index is 12.6. The normalized spacial score (nSPS) is 11.2. The largest absolute Gasteiger partial charge is 0.298 e. The summed E-state index contributed by atoms with van der Waals surface area (Å²) < 4.78 is 27.5. The zero-order valence-electron chi connectivity index (χ0n) is 14.7. The van der Waals surface area contributed by atoms with Gasteiger partial charge in [0.15, 0.2) is 5.13 Å². The highest BCUT2D eigenvalue weighted by Gasteiger charge is 2.20. The molecule has 0 unspecified atom stereocenters. The van der Waals surface area contributed by atoms with Gasteiger partial charge in [-0.15, -0.1) is 0 Å². The number of carbonyl (C=O) groups is 1. The molecule has 2 rings (SSSR count). The van der Waals surface area contributed by atoms with Gasteiger partial charge >= 0.3 is 0 Å². The van der Waals surface area contributed by atoms with E-state index in [2.05, 4.69) is 15.0 Å². The van der Waals surface area contributed by atoms with Crippen molar-refractivity contribution in [2.45, 2.75) is 29.9 Å². The molecule has 0 aliphatic carbocycles. The maximum Gasteiger partial charge on any atom is 0.257 e. The van der Waals surface area contributed by atoms with Gasteiger partial charge in [0.1, 0.15) is 0 Å². The van der Waals surface area contributed by atoms with Gasteiger partial charge in [0.05, 0.1) is 26.6 Å². The summed E-state index contributed by atoms with van der Waals surface area (Å²) in [6.07, 6.45) is 0. The second kappa shape index (κ2) is 8.18. The van der Waals surface area contributed by atoms with Crippen molar-refractivity contribution in [3.05, 3.63) is 34.5 Å². The summed E-state index contributed by atoms with van der Waals surface area (Å²) in [4.78, 5) is 16.9. The Kier molecular flexibility index (Phi) is 6.41. The van der Waals surface area contributed by atoms with Crippen LogP contribution in [0.4, 0.5) is 5.13 Å². The van der Waals surface area contributed by atoms with Crippen LogP contribution in [-0.4, -0.2) is 32.1 Å². The Bertz CT molecular complexity index is 991. The fourth-order valence-corrected chi connectivity index (χ4v) is 5.04. The van der Waals surface area contributed by atoms with E-state index in [9.17, 15) is 13.2 Å². The minimum atomic E-state index is -3.67. The Morgan fingerprint density at radius 3 is 2.65 bits per heavy atom. The molecule has 2 aromatic rings. The molecule has 0 saturated heterocycles. The molecule has 0 aliphatic rings. The second-order valence-electron chi connectivity index (χ2n) is 5.42. The van der Waals surface area contributed by atoms with Crippen molar-refractivity contribution in [2.24, 2.45) is 0 Å². The van der Waals surface area contributed by atoms with Gasteiger partial charge in [-0.3, -0.25) is 10.1 Å². The number of hydrogen-bond acceptors (Lipinski definition) is 7. The standard InChI is InChI=1S/C16H18N4O3S3/c1-9-7-12(8-13(10(9)2)26(22,23)18-4)14(21)20-16-19-11(3)15(25-16)24-6-5-17/h7-8,18H,6H2,1-4H3,(H,19,20,21). The van der Waals surface area contributed by atoms with E-state index in [1.807, 2.05) is 6.07 Å². The number of anilines is 1. The molecule has 26 heavy (non-hydrogen) atoms. The zero-order chi connectivity index (χ0) is 19.5. The molecule has 0 atom stereocenters. The lowest BCUT2D eigenvalue weighted by atomic mass is 10.1. The van der Waals surface area contributed by atoms with E-state index >= 15 is 0 Å². The van der Waals surface area contributed by atoms with E-state index in [0.717, 1.165) is 9.90 Å². The third kappa shape index (κ3) is 4.42. The van der Waals surface area contributed by atoms with Gasteiger partial charge in [-0.25, -0.2) is 18.1 Å². The molecule has 1 amide bonds. The molecule has 1 aromatic carbocycles. The number of sulfonamides is 1. The van der Waals surface area contributed by atoms with Crippen molar-refractivity contribution in [1.29, 1.82) is 5.26 Å². The van der Waals surface area contributed by atoms with Crippen LogP contribution in [0.15, 0.2) is 21.2 Å². The Labute approximate surface area is 160 Å². The fraction of sp³-hybridized carbons (Fsp3) is 0.312. The van der Waals surface area contributed by atoms with E-state index in [1.54, 1.807) is 26.8 Å². The van der Waals surface area contributed by atoms with Crippen molar-refractivity contribution in [3.8, 4) is 6.07 Å². The molecule has 0 spiro atoms. The number of thioether (sulfide) groups is 1.